The molecule has 74 heavy (non-hydrogen) atoms. The molecule has 0 aromatic heterocycles. The van der Waals surface area contributed by atoms with E-state index in [1.54, 1.807) is 0 Å². The van der Waals surface area contributed by atoms with E-state index in [0.717, 1.165) is 57.8 Å². The Kier molecular flexibility index (Phi) is 44.0. The molecule has 11 atom stereocenters. The second kappa shape index (κ2) is 47.5. The molecule has 2 rings (SSSR count). The standard InChI is InChI=1S/C60H112O14/c1-3-5-7-9-11-13-15-17-19-21-22-23-24-25-26-27-28-30-32-34-36-38-40-42-44-69-46-49(72-52(62)43-41-39-37-35-33-31-29-20-18-16-14-12-10-8-6-4-2)47-70-59-58(68)56(66)54(64)51(74-59)48-71-60-57(67)55(65)53(63)50(45-61)73-60/h20-22,29,49-51,53-61,63-68H,3-19,23-28,30-48H2,1-2H3/b22-21-,29-20-. The van der Waals surface area contributed by atoms with Crippen LogP contribution in [0.5, 0.6) is 0 Å². The van der Waals surface area contributed by atoms with Gasteiger partial charge in [0.15, 0.2) is 12.6 Å². The summed E-state index contributed by atoms with van der Waals surface area (Å²) in [6.07, 6.45) is 38.2. The quantitative estimate of drug-likeness (QED) is 0.0172. The highest BCUT2D eigenvalue weighted by atomic mass is 16.7. The first-order chi connectivity index (χ1) is 36.1. The summed E-state index contributed by atoms with van der Waals surface area (Å²) in [6, 6.07) is 0. The predicted molar refractivity (Wildman–Crippen MR) is 294 cm³/mol. The zero-order chi connectivity index (χ0) is 53.7. The number of carbonyl (C=O) groups is 1. The molecule has 14 heteroatoms. The van der Waals surface area contributed by atoms with Crippen LogP contribution in [-0.4, -0.2) is 142 Å². The minimum Gasteiger partial charge on any atom is -0.457 e. The Morgan fingerprint density at radius 3 is 1.23 bits per heavy atom. The van der Waals surface area contributed by atoms with Gasteiger partial charge in [0.1, 0.15) is 54.9 Å². The molecule has 436 valence electrons. The predicted octanol–water partition coefficient (Wildman–Crippen LogP) is 11.1. The Hall–Kier alpha value is -1.53. The summed E-state index contributed by atoms with van der Waals surface area (Å²) in [4.78, 5) is 13.1. The SMILES string of the molecule is CCCCCCCCC/C=C\CCCCCCCC(=O)OC(COCCCCCCCCCCCCCC/C=C\CCCCCCCCCC)COC1OC(COC2OC(CO)C(O)C(O)C2O)C(O)C(O)C1O. The molecule has 2 aliphatic rings. The maximum absolute atomic E-state index is 13.1. The van der Waals surface area contributed by atoms with Gasteiger partial charge in [-0.1, -0.05) is 205 Å². The number of hydrogen-bond acceptors (Lipinski definition) is 14. The molecule has 2 aliphatic heterocycles. The van der Waals surface area contributed by atoms with Gasteiger partial charge < -0.3 is 64.2 Å². The minimum absolute atomic E-state index is 0.0614. The van der Waals surface area contributed by atoms with E-state index in [-0.39, 0.29) is 25.6 Å². The number of esters is 1. The summed E-state index contributed by atoms with van der Waals surface area (Å²) in [7, 11) is 0. The second-order valence-corrected chi connectivity index (χ2v) is 21.5. The minimum atomic E-state index is -1.71. The monoisotopic (exact) mass is 1060 g/mol. The lowest BCUT2D eigenvalue weighted by atomic mass is 9.98. The number of aliphatic hydroxyl groups is 7. The summed E-state index contributed by atoms with van der Waals surface area (Å²) >= 11 is 0. The van der Waals surface area contributed by atoms with Crippen molar-refractivity contribution in [3.8, 4) is 0 Å². The second-order valence-electron chi connectivity index (χ2n) is 21.5. The van der Waals surface area contributed by atoms with Gasteiger partial charge >= 0.3 is 5.97 Å². The molecule has 7 N–H and O–H groups in total. The number of hydrogen-bond donors (Lipinski definition) is 7. The van der Waals surface area contributed by atoms with Crippen LogP contribution in [0.1, 0.15) is 251 Å². The van der Waals surface area contributed by atoms with Crippen molar-refractivity contribution in [2.45, 2.75) is 319 Å². The van der Waals surface area contributed by atoms with Crippen molar-refractivity contribution in [1.29, 1.82) is 0 Å². The summed E-state index contributed by atoms with van der Waals surface area (Å²) in [5.41, 5.74) is 0. The van der Waals surface area contributed by atoms with Crippen molar-refractivity contribution in [2.24, 2.45) is 0 Å². The Labute approximate surface area is 449 Å². The topological polar surface area (TPSA) is 214 Å². The fourth-order valence-corrected chi connectivity index (χ4v) is 9.75. The maximum atomic E-state index is 13.1. The zero-order valence-corrected chi connectivity index (χ0v) is 46.8. The molecule has 0 spiro atoms. The number of allylic oxidation sites excluding steroid dienone is 4. The number of unbranched alkanes of at least 4 members (excludes halogenated alkanes) is 32. The largest absolute Gasteiger partial charge is 0.457 e. The van der Waals surface area contributed by atoms with Crippen LogP contribution >= 0.6 is 0 Å². The molecule has 0 aliphatic carbocycles. The summed E-state index contributed by atoms with van der Waals surface area (Å²) in [5.74, 6) is -0.380. The molecule has 0 aromatic rings. The number of carbonyl (C=O) groups excluding carboxylic acids is 1. The Balaban J connectivity index is 1.68. The van der Waals surface area contributed by atoms with E-state index in [1.807, 2.05) is 0 Å². The van der Waals surface area contributed by atoms with Crippen LogP contribution in [-0.2, 0) is 33.2 Å². The van der Waals surface area contributed by atoms with E-state index < -0.39 is 80.7 Å². The third-order valence-electron chi connectivity index (χ3n) is 14.7. The fourth-order valence-electron chi connectivity index (χ4n) is 9.75. The Morgan fingerprint density at radius 1 is 0.432 bits per heavy atom. The number of aliphatic hydroxyl groups excluding tert-OH is 7. The molecule has 0 aromatic carbocycles. The molecule has 0 bridgehead atoms. The van der Waals surface area contributed by atoms with Crippen LogP contribution in [0.15, 0.2) is 24.3 Å². The molecule has 0 radical (unpaired) electrons. The van der Waals surface area contributed by atoms with Crippen LogP contribution in [0.4, 0.5) is 0 Å². The third-order valence-corrected chi connectivity index (χ3v) is 14.7. The molecule has 2 heterocycles. The van der Waals surface area contributed by atoms with Gasteiger partial charge in [0, 0.05) is 13.0 Å². The van der Waals surface area contributed by atoms with Crippen molar-refractivity contribution in [3.05, 3.63) is 24.3 Å². The molecule has 0 amide bonds. The average Bonchev–Trinajstić information content (AvgIpc) is 3.40. The van der Waals surface area contributed by atoms with Crippen LogP contribution in [0.25, 0.3) is 0 Å². The lowest BCUT2D eigenvalue weighted by molar-refractivity contribution is -0.332. The van der Waals surface area contributed by atoms with Crippen LogP contribution in [0, 0.1) is 0 Å². The van der Waals surface area contributed by atoms with Crippen molar-refractivity contribution in [2.75, 3.05) is 33.0 Å². The fraction of sp³-hybridized carbons (Fsp3) is 0.917. The van der Waals surface area contributed by atoms with Crippen LogP contribution in [0.3, 0.4) is 0 Å². The van der Waals surface area contributed by atoms with Gasteiger partial charge in [-0.3, -0.25) is 4.79 Å². The average molecular weight is 1060 g/mol. The lowest BCUT2D eigenvalue weighted by Gasteiger charge is -2.42. The van der Waals surface area contributed by atoms with Gasteiger partial charge in [0.25, 0.3) is 0 Å². The number of rotatable bonds is 50. The summed E-state index contributed by atoms with van der Waals surface area (Å²) < 4.78 is 34.4. The molecule has 0 saturated carbocycles. The van der Waals surface area contributed by atoms with Crippen molar-refractivity contribution < 1.29 is 69.0 Å². The summed E-state index contributed by atoms with van der Waals surface area (Å²) in [6.45, 7) is 3.72. The van der Waals surface area contributed by atoms with Crippen molar-refractivity contribution in [1.82, 2.24) is 0 Å². The van der Waals surface area contributed by atoms with Gasteiger partial charge in [0.05, 0.1) is 26.4 Å². The zero-order valence-electron chi connectivity index (χ0n) is 46.8. The highest BCUT2D eigenvalue weighted by Gasteiger charge is 2.47. The molecule has 11 unspecified atom stereocenters. The molecule has 2 fully saturated rings. The van der Waals surface area contributed by atoms with Crippen LogP contribution < -0.4 is 0 Å². The van der Waals surface area contributed by atoms with E-state index >= 15 is 0 Å². The Bertz CT molecular complexity index is 1320. The van der Waals surface area contributed by atoms with Crippen LogP contribution in [0.2, 0.25) is 0 Å². The van der Waals surface area contributed by atoms with Gasteiger partial charge in [-0.2, -0.15) is 0 Å². The third kappa shape index (κ3) is 33.7. The summed E-state index contributed by atoms with van der Waals surface area (Å²) in [5, 5.41) is 72.4. The highest BCUT2D eigenvalue weighted by Crippen LogP contribution is 2.27. The van der Waals surface area contributed by atoms with E-state index in [1.165, 1.54) is 167 Å². The lowest BCUT2D eigenvalue weighted by Crippen LogP contribution is -2.61. The molecule has 2 saturated heterocycles. The van der Waals surface area contributed by atoms with Gasteiger partial charge in [-0.15, -0.1) is 0 Å². The molecular weight excluding hydrogens is 945 g/mol. The van der Waals surface area contributed by atoms with Crippen molar-refractivity contribution >= 4 is 5.97 Å². The van der Waals surface area contributed by atoms with Crippen molar-refractivity contribution in [3.63, 3.8) is 0 Å². The molecule has 14 nitrogen and oxygen atoms in total. The highest BCUT2D eigenvalue weighted by molar-refractivity contribution is 5.69. The molecular formula is C60H112O14. The smallest absolute Gasteiger partial charge is 0.306 e. The van der Waals surface area contributed by atoms with E-state index in [9.17, 15) is 40.5 Å². The first-order valence-electron chi connectivity index (χ1n) is 30.4. The first-order valence-corrected chi connectivity index (χ1v) is 30.4. The number of ether oxygens (including phenoxy) is 6. The van der Waals surface area contributed by atoms with Gasteiger partial charge in [-0.05, 0) is 64.2 Å². The normalized spacial score (nSPS) is 24.9. The van der Waals surface area contributed by atoms with E-state index in [2.05, 4.69) is 38.2 Å². The maximum Gasteiger partial charge on any atom is 0.306 e. The van der Waals surface area contributed by atoms with E-state index in [4.69, 9.17) is 28.4 Å². The van der Waals surface area contributed by atoms with Gasteiger partial charge in [0.2, 0.25) is 0 Å². The first kappa shape index (κ1) is 68.6. The van der Waals surface area contributed by atoms with Gasteiger partial charge in [-0.25, -0.2) is 0 Å². The van der Waals surface area contributed by atoms with E-state index in [0.29, 0.717) is 13.0 Å². The Morgan fingerprint density at radius 2 is 0.797 bits per heavy atom.